The zero-order chi connectivity index (χ0) is 11.3. The zero-order valence-electron chi connectivity index (χ0n) is 9.31. The Morgan fingerprint density at radius 3 is 2.73 bits per heavy atom. The number of carbonyl (C=O) groups excluding carboxylic acids is 1. The Bertz CT molecular complexity index is 317. The van der Waals surface area contributed by atoms with Crippen molar-refractivity contribution in [2.75, 3.05) is 19.6 Å². The minimum Gasteiger partial charge on any atom is -0.339 e. The first kappa shape index (κ1) is 11.7. The summed E-state index contributed by atoms with van der Waals surface area (Å²) in [6, 6.07) is 0. The number of rotatable bonds is 5. The highest BCUT2D eigenvalue weighted by molar-refractivity contribution is 5.93. The summed E-state index contributed by atoms with van der Waals surface area (Å²) in [5, 5.41) is 4.07. The van der Waals surface area contributed by atoms with Crippen LogP contribution in [-0.2, 0) is 6.54 Å². The second-order valence-corrected chi connectivity index (χ2v) is 3.26. The highest BCUT2D eigenvalue weighted by Gasteiger charge is 2.13. The molecular weight excluding hydrogens is 192 g/mol. The van der Waals surface area contributed by atoms with Crippen LogP contribution in [0.3, 0.4) is 0 Å². The summed E-state index contributed by atoms with van der Waals surface area (Å²) in [5.41, 5.74) is 6.03. The van der Waals surface area contributed by atoms with Gasteiger partial charge in [0.25, 0.3) is 5.91 Å². The van der Waals surface area contributed by atoms with Gasteiger partial charge in [-0.25, -0.2) is 0 Å². The average molecular weight is 210 g/mol. The van der Waals surface area contributed by atoms with Crippen LogP contribution < -0.4 is 5.73 Å². The molecule has 0 saturated heterocycles. The Balaban J connectivity index is 2.73. The number of hydrogen-bond acceptors (Lipinski definition) is 3. The van der Waals surface area contributed by atoms with E-state index in [0.717, 1.165) is 13.1 Å². The first-order valence-electron chi connectivity index (χ1n) is 5.24. The molecule has 0 fully saturated rings. The van der Waals surface area contributed by atoms with Crippen LogP contribution in [0, 0.1) is 0 Å². The van der Waals surface area contributed by atoms with E-state index in [9.17, 15) is 4.79 Å². The van der Waals surface area contributed by atoms with Gasteiger partial charge in [0.1, 0.15) is 0 Å². The monoisotopic (exact) mass is 210 g/mol. The summed E-state index contributed by atoms with van der Waals surface area (Å²) in [6.07, 6.45) is 3.34. The maximum absolute atomic E-state index is 11.9. The summed E-state index contributed by atoms with van der Waals surface area (Å²) in [5.74, 6) is 0.0308. The van der Waals surface area contributed by atoms with Gasteiger partial charge in [-0.1, -0.05) is 0 Å². The Morgan fingerprint density at radius 1 is 1.53 bits per heavy atom. The van der Waals surface area contributed by atoms with E-state index < -0.39 is 0 Å². The molecule has 0 atom stereocenters. The molecule has 0 unspecified atom stereocenters. The van der Waals surface area contributed by atoms with E-state index in [-0.39, 0.29) is 5.91 Å². The van der Waals surface area contributed by atoms with Gasteiger partial charge in [0.2, 0.25) is 0 Å². The Kier molecular flexibility index (Phi) is 4.30. The molecule has 84 valence electrons. The molecule has 2 N–H and O–H groups in total. The van der Waals surface area contributed by atoms with Gasteiger partial charge in [0.15, 0.2) is 0 Å². The van der Waals surface area contributed by atoms with Gasteiger partial charge >= 0.3 is 0 Å². The molecule has 0 spiro atoms. The highest BCUT2D eigenvalue weighted by atomic mass is 16.2. The van der Waals surface area contributed by atoms with E-state index in [1.165, 1.54) is 0 Å². The smallest absolute Gasteiger partial charge is 0.257 e. The standard InChI is InChI=1S/C10H18N4O/c1-3-13(4-2)10(15)9-7-12-14(8-9)6-5-11/h7-8H,3-6,11H2,1-2H3. The molecular formula is C10H18N4O. The van der Waals surface area contributed by atoms with Gasteiger partial charge in [0, 0.05) is 25.8 Å². The molecule has 0 saturated carbocycles. The van der Waals surface area contributed by atoms with Crippen LogP contribution in [-0.4, -0.2) is 40.2 Å². The van der Waals surface area contributed by atoms with E-state index in [1.54, 1.807) is 22.0 Å². The Morgan fingerprint density at radius 2 is 2.20 bits per heavy atom. The number of amides is 1. The Hall–Kier alpha value is -1.36. The first-order chi connectivity index (χ1) is 7.22. The molecule has 5 nitrogen and oxygen atoms in total. The molecule has 1 heterocycles. The second kappa shape index (κ2) is 5.50. The number of nitrogens with two attached hydrogens (primary N) is 1. The van der Waals surface area contributed by atoms with Crippen molar-refractivity contribution < 1.29 is 4.79 Å². The number of hydrogen-bond donors (Lipinski definition) is 1. The molecule has 0 aliphatic heterocycles. The van der Waals surface area contributed by atoms with Crippen LogP contribution in [0.2, 0.25) is 0 Å². The van der Waals surface area contributed by atoms with Crippen LogP contribution in [0.25, 0.3) is 0 Å². The van der Waals surface area contributed by atoms with E-state index in [4.69, 9.17) is 5.73 Å². The molecule has 15 heavy (non-hydrogen) atoms. The van der Waals surface area contributed by atoms with Gasteiger partial charge in [-0.15, -0.1) is 0 Å². The van der Waals surface area contributed by atoms with Crippen molar-refractivity contribution in [3.63, 3.8) is 0 Å². The van der Waals surface area contributed by atoms with Crippen molar-refractivity contribution in [1.82, 2.24) is 14.7 Å². The van der Waals surface area contributed by atoms with Gasteiger partial charge < -0.3 is 10.6 Å². The van der Waals surface area contributed by atoms with Crippen molar-refractivity contribution in [3.8, 4) is 0 Å². The third kappa shape index (κ3) is 2.79. The third-order valence-electron chi connectivity index (χ3n) is 2.29. The highest BCUT2D eigenvalue weighted by Crippen LogP contribution is 2.03. The van der Waals surface area contributed by atoms with E-state index in [1.807, 2.05) is 13.8 Å². The molecule has 0 aromatic carbocycles. The zero-order valence-corrected chi connectivity index (χ0v) is 9.31. The summed E-state index contributed by atoms with van der Waals surface area (Å²) in [4.78, 5) is 13.6. The fraction of sp³-hybridized carbons (Fsp3) is 0.600. The van der Waals surface area contributed by atoms with E-state index >= 15 is 0 Å². The van der Waals surface area contributed by atoms with E-state index in [0.29, 0.717) is 18.7 Å². The molecule has 0 aliphatic carbocycles. The predicted octanol–water partition coefficient (Wildman–Crippen LogP) is 0.324. The minimum absolute atomic E-state index is 0.0308. The number of aromatic nitrogens is 2. The van der Waals surface area contributed by atoms with Gasteiger partial charge in [-0.3, -0.25) is 9.48 Å². The molecule has 1 amide bonds. The summed E-state index contributed by atoms with van der Waals surface area (Å²) >= 11 is 0. The van der Waals surface area contributed by atoms with Crippen molar-refractivity contribution in [2.24, 2.45) is 5.73 Å². The lowest BCUT2D eigenvalue weighted by Crippen LogP contribution is -2.30. The van der Waals surface area contributed by atoms with E-state index in [2.05, 4.69) is 5.10 Å². The normalized spacial score (nSPS) is 10.3. The van der Waals surface area contributed by atoms with Crippen LogP contribution in [0.4, 0.5) is 0 Å². The molecule has 1 rings (SSSR count). The van der Waals surface area contributed by atoms with Gasteiger partial charge in [0.05, 0.1) is 18.3 Å². The Labute approximate surface area is 89.9 Å². The van der Waals surface area contributed by atoms with Crippen LogP contribution in [0.5, 0.6) is 0 Å². The minimum atomic E-state index is 0.0308. The summed E-state index contributed by atoms with van der Waals surface area (Å²) in [6.45, 7) is 6.54. The van der Waals surface area contributed by atoms with Crippen LogP contribution in [0.1, 0.15) is 24.2 Å². The predicted molar refractivity (Wildman–Crippen MR) is 58.5 cm³/mol. The van der Waals surface area contributed by atoms with Crippen molar-refractivity contribution >= 4 is 5.91 Å². The van der Waals surface area contributed by atoms with Gasteiger partial charge in [-0.2, -0.15) is 5.10 Å². The lowest BCUT2D eigenvalue weighted by Gasteiger charge is -2.17. The number of nitrogens with zero attached hydrogens (tertiary/aromatic N) is 3. The SMILES string of the molecule is CCN(CC)C(=O)c1cnn(CCN)c1. The van der Waals surface area contributed by atoms with Crippen molar-refractivity contribution in [3.05, 3.63) is 18.0 Å². The van der Waals surface area contributed by atoms with Crippen molar-refractivity contribution in [2.45, 2.75) is 20.4 Å². The molecule has 0 bridgehead atoms. The first-order valence-corrected chi connectivity index (χ1v) is 5.24. The lowest BCUT2D eigenvalue weighted by atomic mass is 10.3. The summed E-state index contributed by atoms with van der Waals surface area (Å²) < 4.78 is 1.69. The van der Waals surface area contributed by atoms with Crippen LogP contribution in [0.15, 0.2) is 12.4 Å². The fourth-order valence-electron chi connectivity index (χ4n) is 1.42. The summed E-state index contributed by atoms with van der Waals surface area (Å²) in [7, 11) is 0. The molecule has 0 radical (unpaired) electrons. The number of carbonyl (C=O) groups is 1. The fourth-order valence-corrected chi connectivity index (χ4v) is 1.42. The van der Waals surface area contributed by atoms with Crippen molar-refractivity contribution in [1.29, 1.82) is 0 Å². The molecule has 0 aliphatic rings. The average Bonchev–Trinajstić information content (AvgIpc) is 2.68. The topological polar surface area (TPSA) is 64.2 Å². The quantitative estimate of drug-likeness (QED) is 0.761. The molecule has 5 heteroatoms. The molecule has 1 aromatic rings. The lowest BCUT2D eigenvalue weighted by molar-refractivity contribution is 0.0773. The maximum atomic E-state index is 11.9. The second-order valence-electron chi connectivity index (χ2n) is 3.26. The third-order valence-corrected chi connectivity index (χ3v) is 2.29. The van der Waals surface area contributed by atoms with Gasteiger partial charge in [-0.05, 0) is 13.8 Å². The largest absolute Gasteiger partial charge is 0.339 e. The molecule has 1 aromatic heterocycles. The van der Waals surface area contributed by atoms with Crippen LogP contribution >= 0.6 is 0 Å². The maximum Gasteiger partial charge on any atom is 0.257 e.